The molecular weight excluding hydrogens is 246 g/mol. The van der Waals surface area contributed by atoms with Crippen LogP contribution in [0, 0.1) is 12.3 Å². The summed E-state index contributed by atoms with van der Waals surface area (Å²) in [6, 6.07) is 0. The number of halogens is 1. The van der Waals surface area contributed by atoms with Crippen LogP contribution in [0.4, 0.5) is 0 Å². The second-order valence-corrected chi connectivity index (χ2v) is 3.55. The van der Waals surface area contributed by atoms with Crippen molar-refractivity contribution in [2.75, 3.05) is 34.3 Å². The average molecular weight is 262 g/mol. The normalized spacial score (nSPS) is 9.57. The fourth-order valence-corrected chi connectivity index (χ4v) is 1.03. The number of hydrogen-bond acceptors (Lipinski definition) is 2. The minimum atomic E-state index is -0.372. The molecule has 0 aliphatic carbocycles. The van der Waals surface area contributed by atoms with Gasteiger partial charge in [0.25, 0.3) is 0 Å². The van der Waals surface area contributed by atoms with Crippen LogP contribution in [0.25, 0.3) is 0 Å². The molecule has 0 amide bonds. The van der Waals surface area contributed by atoms with Crippen LogP contribution < -0.4 is 17.0 Å². The average Bonchev–Trinajstić information content (AvgIpc) is 2.01. The maximum atomic E-state index is 11.0. The van der Waals surface area contributed by atoms with E-state index in [9.17, 15) is 4.79 Å². The van der Waals surface area contributed by atoms with E-state index >= 15 is 0 Å². The Hall–Kier alpha value is -0.790. The van der Waals surface area contributed by atoms with Crippen LogP contribution in [-0.4, -0.2) is 44.7 Å². The van der Waals surface area contributed by atoms with Crippen LogP contribution in [0.3, 0.4) is 0 Å². The number of hydrogen-bond donors (Lipinski definition) is 0. The van der Waals surface area contributed by atoms with Gasteiger partial charge < -0.3 is 26.2 Å². The van der Waals surface area contributed by atoms with E-state index in [2.05, 4.69) is 17.2 Å². The van der Waals surface area contributed by atoms with E-state index in [-0.39, 0.29) is 23.0 Å². The third-order valence-electron chi connectivity index (χ3n) is 1.61. The van der Waals surface area contributed by atoms with Gasteiger partial charge in [0.05, 0.1) is 26.8 Å². The van der Waals surface area contributed by atoms with Gasteiger partial charge in [0.15, 0.2) is 0 Å². The number of nitrogens with zero attached hydrogens (tertiary/aromatic N) is 1. The van der Waals surface area contributed by atoms with Gasteiger partial charge in [-0.25, -0.2) is 4.79 Å². The van der Waals surface area contributed by atoms with Gasteiger partial charge in [0, 0.05) is 0 Å². The summed E-state index contributed by atoms with van der Waals surface area (Å²) in [5, 5.41) is 0. The van der Waals surface area contributed by atoms with Crippen LogP contribution in [0.5, 0.6) is 0 Å². The fraction of sp³-hybridized carbons (Fsp3) is 0.500. The van der Waals surface area contributed by atoms with Crippen LogP contribution in [0.2, 0.25) is 0 Å². The van der Waals surface area contributed by atoms with Crippen molar-refractivity contribution in [3.8, 4) is 12.3 Å². The summed E-state index contributed by atoms with van der Waals surface area (Å²) in [7, 11) is 5.22. The van der Waals surface area contributed by atoms with Gasteiger partial charge >= 0.3 is 5.97 Å². The van der Waals surface area contributed by atoms with Crippen molar-refractivity contribution in [3.05, 3.63) is 12.2 Å². The lowest BCUT2D eigenvalue weighted by Gasteiger charge is -2.27. The summed E-state index contributed by atoms with van der Waals surface area (Å²) in [4.78, 5) is 11.0. The summed E-state index contributed by atoms with van der Waals surface area (Å²) in [6.45, 7) is 4.71. The van der Waals surface area contributed by atoms with Gasteiger partial charge in [-0.3, -0.25) is 0 Å². The Morgan fingerprint density at radius 2 is 2.07 bits per heavy atom. The first-order chi connectivity index (χ1) is 5.93. The van der Waals surface area contributed by atoms with Gasteiger partial charge in [-0.05, 0) is 5.92 Å². The van der Waals surface area contributed by atoms with Gasteiger partial charge in [-0.15, -0.1) is 6.42 Å². The van der Waals surface area contributed by atoms with Gasteiger partial charge in [-0.1, -0.05) is 6.58 Å². The first-order valence-electron chi connectivity index (χ1n) is 3.94. The topological polar surface area (TPSA) is 26.3 Å². The first-order valence-corrected chi connectivity index (χ1v) is 3.94. The molecule has 0 aromatic rings. The molecule has 14 heavy (non-hydrogen) atoms. The molecule has 0 unspecified atom stereocenters. The molecular formula is C10H16BrNO2. The minimum absolute atomic E-state index is 0. The molecule has 0 rings (SSSR count). The lowest BCUT2D eigenvalue weighted by molar-refractivity contribution is -0.878. The van der Waals surface area contributed by atoms with E-state index < -0.39 is 0 Å². The summed E-state index contributed by atoms with van der Waals surface area (Å²) < 4.78 is 5.08. The molecule has 80 valence electrons. The summed E-state index contributed by atoms with van der Waals surface area (Å²) in [5.41, 5.74) is 0.447. The maximum Gasteiger partial charge on any atom is 0.338 e. The predicted molar refractivity (Wildman–Crippen MR) is 51.8 cm³/mol. The van der Waals surface area contributed by atoms with E-state index in [1.807, 2.05) is 14.1 Å². The number of carbonyl (C=O) groups excluding carboxylic acids is 1. The molecule has 0 aromatic heterocycles. The molecule has 0 aromatic carbocycles. The zero-order valence-electron chi connectivity index (χ0n) is 8.84. The Morgan fingerprint density at radius 3 is 2.43 bits per heavy atom. The Morgan fingerprint density at radius 1 is 1.57 bits per heavy atom. The van der Waals surface area contributed by atoms with Gasteiger partial charge in [-0.2, -0.15) is 0 Å². The number of esters is 1. The van der Waals surface area contributed by atoms with Gasteiger partial charge in [0.1, 0.15) is 13.1 Å². The quantitative estimate of drug-likeness (QED) is 0.241. The van der Waals surface area contributed by atoms with E-state index in [1.165, 1.54) is 7.11 Å². The van der Waals surface area contributed by atoms with E-state index in [0.29, 0.717) is 23.1 Å². The summed E-state index contributed by atoms with van der Waals surface area (Å²) in [5.74, 6) is 2.18. The molecule has 4 heteroatoms. The zero-order chi connectivity index (χ0) is 10.5. The molecule has 0 spiro atoms. The lowest BCUT2D eigenvalue weighted by atomic mass is 10.2. The first kappa shape index (κ1) is 15.7. The lowest BCUT2D eigenvalue weighted by Crippen LogP contribution is -3.00. The van der Waals surface area contributed by atoms with Crippen molar-refractivity contribution in [1.29, 1.82) is 0 Å². The molecule has 0 aliphatic heterocycles. The highest BCUT2D eigenvalue weighted by Gasteiger charge is 2.19. The van der Waals surface area contributed by atoms with E-state index in [4.69, 9.17) is 6.42 Å². The number of rotatable bonds is 4. The number of quaternary nitrogens is 1. The second-order valence-electron chi connectivity index (χ2n) is 3.55. The number of methoxy groups -OCH3 is 1. The molecule has 0 saturated carbocycles. The number of ether oxygens (including phenoxy) is 1. The number of likely N-dealkylation sites (N-methyl/N-ethyl adjacent to an activating group) is 1. The zero-order valence-corrected chi connectivity index (χ0v) is 10.4. The fourth-order valence-electron chi connectivity index (χ4n) is 1.03. The third-order valence-corrected chi connectivity index (χ3v) is 1.61. The van der Waals surface area contributed by atoms with E-state index in [0.717, 1.165) is 0 Å². The third kappa shape index (κ3) is 5.79. The smallest absolute Gasteiger partial charge is 0.338 e. The van der Waals surface area contributed by atoms with Crippen LogP contribution in [0.1, 0.15) is 0 Å². The molecule has 0 radical (unpaired) electrons. The van der Waals surface area contributed by atoms with Crippen LogP contribution in [-0.2, 0) is 9.53 Å². The maximum absolute atomic E-state index is 11.0. The van der Waals surface area contributed by atoms with E-state index in [1.54, 1.807) is 0 Å². The number of terminal acetylenes is 1. The molecule has 3 nitrogen and oxygen atoms in total. The Balaban J connectivity index is 0. The highest BCUT2D eigenvalue weighted by atomic mass is 79.9. The van der Waals surface area contributed by atoms with Crippen molar-refractivity contribution in [3.63, 3.8) is 0 Å². The largest absolute Gasteiger partial charge is 1.00 e. The van der Waals surface area contributed by atoms with Crippen molar-refractivity contribution >= 4 is 5.97 Å². The Labute approximate surface area is 96.1 Å². The van der Waals surface area contributed by atoms with Crippen LogP contribution in [0.15, 0.2) is 12.2 Å². The second kappa shape index (κ2) is 6.63. The monoisotopic (exact) mass is 261 g/mol. The van der Waals surface area contributed by atoms with Crippen molar-refractivity contribution in [2.24, 2.45) is 0 Å². The van der Waals surface area contributed by atoms with Crippen molar-refractivity contribution in [2.45, 2.75) is 0 Å². The molecule has 0 N–H and O–H groups in total. The summed E-state index contributed by atoms with van der Waals surface area (Å²) >= 11 is 0. The van der Waals surface area contributed by atoms with Crippen molar-refractivity contribution < 1.29 is 31.0 Å². The van der Waals surface area contributed by atoms with Crippen molar-refractivity contribution in [1.82, 2.24) is 0 Å². The molecule has 0 aliphatic rings. The predicted octanol–water partition coefficient (Wildman–Crippen LogP) is -2.57. The summed E-state index contributed by atoms with van der Waals surface area (Å²) in [6.07, 6.45) is 5.19. The Bertz CT molecular complexity index is 253. The molecule has 0 bridgehead atoms. The highest BCUT2D eigenvalue weighted by molar-refractivity contribution is 5.87. The highest BCUT2D eigenvalue weighted by Crippen LogP contribution is 2.03. The molecule has 0 heterocycles. The van der Waals surface area contributed by atoms with Gasteiger partial charge in [0.2, 0.25) is 0 Å². The molecule has 0 atom stereocenters. The number of carbonyl (C=O) groups is 1. The Kier molecular flexibility index (Phi) is 7.42. The van der Waals surface area contributed by atoms with Crippen LogP contribution >= 0.6 is 0 Å². The standard InChI is InChI=1S/C10H16NO2.BrH/c1-6-7-11(3,4)8-9(2)10(12)13-5;/h1H,2,7-8H2,3-5H3;1H/q+1;/p-1. The SMILES string of the molecule is C#CC[N+](C)(C)CC(=C)C(=O)OC.[Br-]. The molecule has 0 fully saturated rings. The molecule has 0 saturated heterocycles. The minimum Gasteiger partial charge on any atom is -1.00 e.